The zero-order valence-electron chi connectivity index (χ0n) is 19.7. The number of amides is 1. The Bertz CT molecular complexity index is 1650. The zero-order chi connectivity index (χ0) is 24.4. The number of aryl methyl sites for hydroxylation is 1. The maximum absolute atomic E-state index is 13.0. The number of imidazole rings is 1. The van der Waals surface area contributed by atoms with Crippen molar-refractivity contribution in [1.82, 2.24) is 29.4 Å². The molecule has 0 bridgehead atoms. The molecule has 1 N–H and O–H groups in total. The summed E-state index contributed by atoms with van der Waals surface area (Å²) >= 11 is 6.13. The first kappa shape index (κ1) is 21.5. The third kappa shape index (κ3) is 4.01. The quantitative estimate of drug-likeness (QED) is 0.352. The molecular formula is C27H24ClN7O. The summed E-state index contributed by atoms with van der Waals surface area (Å²) in [5, 5.41) is 13.0. The average Bonchev–Trinajstić information content (AvgIpc) is 3.76. The molecule has 0 aliphatic heterocycles. The van der Waals surface area contributed by atoms with E-state index in [1.165, 1.54) is 18.4 Å². The van der Waals surface area contributed by atoms with Crippen molar-refractivity contribution < 1.29 is 4.79 Å². The molecule has 2 aliphatic rings. The minimum atomic E-state index is -0.102. The molecule has 2 fully saturated rings. The van der Waals surface area contributed by atoms with E-state index in [4.69, 9.17) is 16.6 Å². The van der Waals surface area contributed by atoms with Gasteiger partial charge in [0.2, 0.25) is 5.91 Å². The number of carbonyl (C=O) groups excluding carboxylic acids is 1. The average molecular weight is 498 g/mol. The van der Waals surface area contributed by atoms with Gasteiger partial charge in [-0.05, 0) is 73.4 Å². The number of hydrogen-bond acceptors (Lipinski definition) is 5. The van der Waals surface area contributed by atoms with Gasteiger partial charge in [0.15, 0.2) is 11.3 Å². The number of benzene rings is 1. The van der Waals surface area contributed by atoms with Crippen LogP contribution in [0.5, 0.6) is 0 Å². The van der Waals surface area contributed by atoms with Crippen molar-refractivity contribution in [2.75, 3.05) is 5.32 Å². The topological polar surface area (TPSA) is 90.0 Å². The number of fused-ring (bicyclic) bond motifs is 2. The summed E-state index contributed by atoms with van der Waals surface area (Å²) in [6.07, 6.45) is 7.54. The van der Waals surface area contributed by atoms with Crippen molar-refractivity contribution in [2.24, 2.45) is 5.92 Å². The summed E-state index contributed by atoms with van der Waals surface area (Å²) in [5.41, 5.74) is 6.29. The highest BCUT2D eigenvalue weighted by atomic mass is 35.5. The second-order valence-corrected chi connectivity index (χ2v) is 10.4. The Hall–Kier alpha value is -3.78. The number of nitrogens with one attached hydrogen (secondary N) is 1. The summed E-state index contributed by atoms with van der Waals surface area (Å²) in [6.45, 7) is 2.32. The molecule has 180 valence electrons. The van der Waals surface area contributed by atoms with Crippen LogP contribution < -0.4 is 5.32 Å². The Labute approximate surface area is 212 Å². The molecule has 2 atom stereocenters. The van der Waals surface area contributed by atoms with Crippen molar-refractivity contribution >= 4 is 40.0 Å². The van der Waals surface area contributed by atoms with Gasteiger partial charge in [0.25, 0.3) is 0 Å². The first-order valence-corrected chi connectivity index (χ1v) is 12.6. The van der Waals surface area contributed by atoms with E-state index < -0.39 is 0 Å². The van der Waals surface area contributed by atoms with E-state index in [0.29, 0.717) is 34.3 Å². The first-order valence-electron chi connectivity index (χ1n) is 12.3. The number of pyridine rings is 2. The summed E-state index contributed by atoms with van der Waals surface area (Å²) in [5.74, 6) is 1.16. The smallest absolute Gasteiger partial charge is 0.229 e. The Morgan fingerprint density at radius 2 is 1.97 bits per heavy atom. The molecule has 0 spiro atoms. The molecule has 0 unspecified atom stereocenters. The molecule has 7 rings (SSSR count). The Balaban J connectivity index is 1.12. The summed E-state index contributed by atoms with van der Waals surface area (Å²) < 4.78 is 2.08. The van der Waals surface area contributed by atoms with Crippen LogP contribution in [0, 0.1) is 12.8 Å². The van der Waals surface area contributed by atoms with Gasteiger partial charge in [-0.15, -0.1) is 5.10 Å². The molecule has 1 aromatic carbocycles. The molecule has 36 heavy (non-hydrogen) atoms. The van der Waals surface area contributed by atoms with E-state index in [2.05, 4.69) is 43.2 Å². The largest absolute Gasteiger partial charge is 0.308 e. The van der Waals surface area contributed by atoms with Crippen LogP contribution in [0.25, 0.3) is 16.7 Å². The van der Waals surface area contributed by atoms with Crippen LogP contribution in [0.4, 0.5) is 5.82 Å². The van der Waals surface area contributed by atoms with E-state index >= 15 is 0 Å². The van der Waals surface area contributed by atoms with Gasteiger partial charge >= 0.3 is 0 Å². The maximum Gasteiger partial charge on any atom is 0.229 e. The van der Waals surface area contributed by atoms with Crippen LogP contribution in [-0.2, 0) is 11.3 Å². The van der Waals surface area contributed by atoms with Crippen molar-refractivity contribution in [3.63, 3.8) is 0 Å². The van der Waals surface area contributed by atoms with Gasteiger partial charge in [-0.3, -0.25) is 4.79 Å². The highest BCUT2D eigenvalue weighted by molar-refractivity contribution is 6.30. The molecule has 5 aromatic rings. The van der Waals surface area contributed by atoms with Gasteiger partial charge in [-0.25, -0.2) is 9.97 Å². The summed E-state index contributed by atoms with van der Waals surface area (Å²) in [7, 11) is 0. The molecule has 4 heterocycles. The monoisotopic (exact) mass is 497 g/mol. The fourth-order valence-corrected chi connectivity index (χ4v) is 5.18. The number of anilines is 1. The summed E-state index contributed by atoms with van der Waals surface area (Å²) in [6, 6.07) is 13.8. The molecule has 9 heteroatoms. The molecule has 2 saturated carbocycles. The molecule has 2 aliphatic carbocycles. The van der Waals surface area contributed by atoms with Crippen molar-refractivity contribution in [1.29, 1.82) is 0 Å². The van der Waals surface area contributed by atoms with Crippen molar-refractivity contribution in [2.45, 2.75) is 44.6 Å². The summed E-state index contributed by atoms with van der Waals surface area (Å²) in [4.78, 5) is 23.9. The molecule has 0 radical (unpaired) electrons. The van der Waals surface area contributed by atoms with E-state index in [9.17, 15) is 4.79 Å². The highest BCUT2D eigenvalue weighted by Gasteiger charge is 2.44. The van der Waals surface area contributed by atoms with Crippen LogP contribution in [0.2, 0.25) is 5.02 Å². The zero-order valence-corrected chi connectivity index (χ0v) is 20.5. The van der Waals surface area contributed by atoms with E-state index in [1.807, 2.05) is 43.5 Å². The molecule has 0 saturated heterocycles. The maximum atomic E-state index is 13.0. The number of rotatable bonds is 6. The van der Waals surface area contributed by atoms with Gasteiger partial charge in [0.1, 0.15) is 17.7 Å². The molecule has 4 aromatic heterocycles. The fourth-order valence-electron chi connectivity index (χ4n) is 4.98. The highest BCUT2D eigenvalue weighted by Crippen LogP contribution is 2.48. The lowest BCUT2D eigenvalue weighted by molar-refractivity contribution is -0.117. The van der Waals surface area contributed by atoms with E-state index in [0.717, 1.165) is 29.0 Å². The van der Waals surface area contributed by atoms with Gasteiger partial charge in [0, 0.05) is 29.0 Å². The van der Waals surface area contributed by atoms with Crippen LogP contribution in [0.1, 0.15) is 53.6 Å². The van der Waals surface area contributed by atoms with Gasteiger partial charge in [0.05, 0.1) is 5.69 Å². The molecule has 8 nitrogen and oxygen atoms in total. The minimum absolute atomic E-state index is 0.0549. The van der Waals surface area contributed by atoms with Crippen LogP contribution in [0.15, 0.2) is 54.9 Å². The molecular weight excluding hydrogens is 474 g/mol. The second-order valence-electron chi connectivity index (χ2n) is 9.94. The Kier molecular flexibility index (Phi) is 4.86. The fraction of sp³-hybridized carbons (Fsp3) is 0.296. The Morgan fingerprint density at radius 3 is 2.81 bits per heavy atom. The third-order valence-corrected chi connectivity index (χ3v) is 7.30. The van der Waals surface area contributed by atoms with Gasteiger partial charge in [-0.1, -0.05) is 29.8 Å². The van der Waals surface area contributed by atoms with Crippen LogP contribution in [-0.4, -0.2) is 35.3 Å². The predicted molar refractivity (Wildman–Crippen MR) is 137 cm³/mol. The van der Waals surface area contributed by atoms with Gasteiger partial charge < -0.3 is 9.72 Å². The lowest BCUT2D eigenvalue weighted by Crippen LogP contribution is -2.16. The Morgan fingerprint density at radius 1 is 1.08 bits per heavy atom. The lowest BCUT2D eigenvalue weighted by Gasteiger charge is -2.06. The van der Waals surface area contributed by atoms with Crippen molar-refractivity contribution in [3.8, 4) is 0 Å². The van der Waals surface area contributed by atoms with Crippen LogP contribution in [0.3, 0.4) is 0 Å². The SMILES string of the molecule is Cc1cc2nn(Cc3cn4cc(C5CC5)ccc4n3)nc2c(NC(=O)[C@H]2C[C@@H]2c2cccc(Cl)c2)n1. The number of nitrogens with zero attached hydrogens (tertiary/aromatic N) is 6. The predicted octanol–water partition coefficient (Wildman–Crippen LogP) is 5.10. The first-order chi connectivity index (χ1) is 17.5. The van der Waals surface area contributed by atoms with Gasteiger partial charge in [-0.2, -0.15) is 9.90 Å². The number of carbonyl (C=O) groups is 1. The standard InChI is InChI=1S/C27H24ClN7O/c1-15-9-23-25(26(29-15)31-27(36)22-11-21(22)17-3-2-4-19(28)10-17)33-35(32-23)14-20-13-34-12-18(16-5-6-16)7-8-24(34)30-20/h2-4,7-10,12-13,16,21-22H,5-6,11,14H2,1H3,(H,29,31,36)/t21-,22+/m1/s1. The van der Waals surface area contributed by atoms with Crippen molar-refractivity contribution in [3.05, 3.63) is 82.4 Å². The third-order valence-electron chi connectivity index (χ3n) is 7.06. The number of hydrogen-bond donors (Lipinski definition) is 1. The minimum Gasteiger partial charge on any atom is -0.308 e. The van der Waals surface area contributed by atoms with E-state index in [-0.39, 0.29) is 17.7 Å². The van der Waals surface area contributed by atoms with Crippen LogP contribution >= 0.6 is 11.6 Å². The number of aromatic nitrogens is 6. The van der Waals surface area contributed by atoms with E-state index in [1.54, 1.807) is 4.80 Å². The second kappa shape index (κ2) is 8.13. The number of halogens is 1. The lowest BCUT2D eigenvalue weighted by atomic mass is 10.1. The molecule has 1 amide bonds. The normalized spacial score (nSPS) is 19.2.